The Morgan fingerprint density at radius 1 is 1.06 bits per heavy atom. The van der Waals surface area contributed by atoms with Crippen LogP contribution in [0.1, 0.15) is 56.5 Å². The molecule has 16 heavy (non-hydrogen) atoms. The minimum absolute atomic E-state index is 0.757. The fourth-order valence-electron chi connectivity index (χ4n) is 1.69. The van der Waals surface area contributed by atoms with Crippen LogP contribution in [0.2, 0.25) is 0 Å². The van der Waals surface area contributed by atoms with Gasteiger partial charge < -0.3 is 0 Å². The molecule has 0 spiro atoms. The Morgan fingerprint density at radius 3 is 1.94 bits per heavy atom. The molecule has 0 unspecified atom stereocenters. The second kappa shape index (κ2) is 7.00. The molecular formula is C14H20N2. The van der Waals surface area contributed by atoms with Crippen molar-refractivity contribution in [3.63, 3.8) is 0 Å². The van der Waals surface area contributed by atoms with Gasteiger partial charge in [0.2, 0.25) is 0 Å². The van der Waals surface area contributed by atoms with E-state index in [0.29, 0.717) is 0 Å². The molecule has 0 bridgehead atoms. The predicted molar refractivity (Wildman–Crippen MR) is 66.2 cm³/mol. The number of rotatable bonds is 6. The third-order valence-electron chi connectivity index (χ3n) is 2.63. The first kappa shape index (κ1) is 12.7. The summed E-state index contributed by atoms with van der Waals surface area (Å²) in [7, 11) is 0. The molecule has 2 nitrogen and oxygen atoms in total. The Hall–Kier alpha value is -1.36. The molecule has 86 valence electrons. The molecular weight excluding hydrogens is 196 g/mol. The molecule has 1 aromatic rings. The molecule has 0 radical (unpaired) electrons. The highest BCUT2D eigenvalue weighted by atomic mass is 14.7. The number of nitrogens with zero attached hydrogens (tertiary/aromatic N) is 2. The lowest BCUT2D eigenvalue weighted by Gasteiger charge is -2.04. The SMILES string of the molecule is CCCCc1cc(C#N)cc(CCCC)n1. The first-order chi connectivity index (χ1) is 7.80. The fourth-order valence-corrected chi connectivity index (χ4v) is 1.69. The Bertz CT molecular complexity index is 337. The smallest absolute Gasteiger partial charge is 0.0992 e. The maximum atomic E-state index is 8.96. The zero-order valence-electron chi connectivity index (χ0n) is 10.3. The van der Waals surface area contributed by atoms with Crippen molar-refractivity contribution >= 4 is 0 Å². The quantitative estimate of drug-likeness (QED) is 0.728. The molecule has 0 fully saturated rings. The number of hydrogen-bond acceptors (Lipinski definition) is 2. The maximum absolute atomic E-state index is 8.96. The topological polar surface area (TPSA) is 36.7 Å². The fraction of sp³-hybridized carbons (Fsp3) is 0.571. The molecule has 0 aliphatic heterocycles. The van der Waals surface area contributed by atoms with E-state index >= 15 is 0 Å². The lowest BCUT2D eigenvalue weighted by molar-refractivity contribution is 0.745. The monoisotopic (exact) mass is 216 g/mol. The molecule has 1 rings (SSSR count). The Labute approximate surface area is 98.3 Å². The lowest BCUT2D eigenvalue weighted by Crippen LogP contribution is -1.98. The van der Waals surface area contributed by atoms with Gasteiger partial charge >= 0.3 is 0 Å². The minimum atomic E-state index is 0.757. The summed E-state index contributed by atoms with van der Waals surface area (Å²) in [5.74, 6) is 0. The van der Waals surface area contributed by atoms with E-state index < -0.39 is 0 Å². The van der Waals surface area contributed by atoms with Crippen LogP contribution in [0.15, 0.2) is 12.1 Å². The Balaban J connectivity index is 2.79. The van der Waals surface area contributed by atoms with Gasteiger partial charge in [-0.1, -0.05) is 26.7 Å². The van der Waals surface area contributed by atoms with Crippen molar-refractivity contribution in [1.29, 1.82) is 5.26 Å². The van der Waals surface area contributed by atoms with Crippen molar-refractivity contribution in [3.05, 3.63) is 29.1 Å². The van der Waals surface area contributed by atoms with Crippen LogP contribution in [-0.4, -0.2) is 4.98 Å². The van der Waals surface area contributed by atoms with E-state index in [-0.39, 0.29) is 0 Å². The normalized spacial score (nSPS) is 10.1. The highest BCUT2D eigenvalue weighted by molar-refractivity contribution is 5.32. The van der Waals surface area contributed by atoms with Gasteiger partial charge in [0, 0.05) is 11.4 Å². The Morgan fingerprint density at radius 2 is 1.56 bits per heavy atom. The van der Waals surface area contributed by atoms with Crippen LogP contribution >= 0.6 is 0 Å². The first-order valence-electron chi connectivity index (χ1n) is 6.20. The molecule has 2 heteroatoms. The van der Waals surface area contributed by atoms with Gasteiger partial charge in [-0.3, -0.25) is 4.98 Å². The van der Waals surface area contributed by atoms with Crippen LogP contribution in [-0.2, 0) is 12.8 Å². The van der Waals surface area contributed by atoms with E-state index in [1.807, 2.05) is 12.1 Å². The van der Waals surface area contributed by atoms with Gasteiger partial charge in [0.15, 0.2) is 0 Å². The average Bonchev–Trinajstić information content (AvgIpc) is 2.33. The summed E-state index contributed by atoms with van der Waals surface area (Å²) in [6, 6.07) is 6.06. The third kappa shape index (κ3) is 4.02. The average molecular weight is 216 g/mol. The number of pyridine rings is 1. The molecule has 1 aromatic heterocycles. The van der Waals surface area contributed by atoms with Gasteiger partial charge in [-0.25, -0.2) is 0 Å². The summed E-state index contributed by atoms with van der Waals surface area (Å²) < 4.78 is 0. The van der Waals surface area contributed by atoms with E-state index in [4.69, 9.17) is 5.26 Å². The standard InChI is InChI=1S/C14H20N2/c1-3-5-7-13-9-12(11-15)10-14(16-13)8-6-4-2/h9-10H,3-8H2,1-2H3. The van der Waals surface area contributed by atoms with E-state index in [2.05, 4.69) is 24.9 Å². The van der Waals surface area contributed by atoms with Crippen LogP contribution < -0.4 is 0 Å². The first-order valence-corrected chi connectivity index (χ1v) is 6.20. The number of hydrogen-bond donors (Lipinski definition) is 0. The van der Waals surface area contributed by atoms with E-state index in [1.165, 1.54) is 12.8 Å². The molecule has 0 atom stereocenters. The lowest BCUT2D eigenvalue weighted by atomic mass is 10.1. The molecule has 0 N–H and O–H groups in total. The summed E-state index contributed by atoms with van der Waals surface area (Å²) in [6.45, 7) is 4.35. The van der Waals surface area contributed by atoms with Gasteiger partial charge in [-0.05, 0) is 37.8 Å². The van der Waals surface area contributed by atoms with Crippen molar-refractivity contribution < 1.29 is 0 Å². The van der Waals surface area contributed by atoms with E-state index in [9.17, 15) is 0 Å². The Kier molecular flexibility index (Phi) is 5.56. The van der Waals surface area contributed by atoms with Gasteiger partial charge in [0.25, 0.3) is 0 Å². The number of unbranched alkanes of at least 4 members (excludes halogenated alkanes) is 2. The summed E-state index contributed by atoms with van der Waals surface area (Å²) >= 11 is 0. The highest BCUT2D eigenvalue weighted by Gasteiger charge is 2.02. The largest absolute Gasteiger partial charge is 0.258 e. The van der Waals surface area contributed by atoms with Crippen molar-refractivity contribution in [2.24, 2.45) is 0 Å². The zero-order chi connectivity index (χ0) is 11.8. The molecule has 0 amide bonds. The maximum Gasteiger partial charge on any atom is 0.0992 e. The highest BCUT2D eigenvalue weighted by Crippen LogP contribution is 2.10. The minimum Gasteiger partial charge on any atom is -0.258 e. The van der Waals surface area contributed by atoms with Crippen LogP contribution in [0.5, 0.6) is 0 Å². The van der Waals surface area contributed by atoms with Gasteiger partial charge in [0.1, 0.15) is 0 Å². The van der Waals surface area contributed by atoms with E-state index in [0.717, 1.165) is 42.6 Å². The van der Waals surface area contributed by atoms with Crippen molar-refractivity contribution in [3.8, 4) is 6.07 Å². The van der Waals surface area contributed by atoms with Crippen molar-refractivity contribution in [1.82, 2.24) is 4.98 Å². The van der Waals surface area contributed by atoms with Crippen LogP contribution in [0.3, 0.4) is 0 Å². The summed E-state index contributed by atoms with van der Waals surface area (Å²) in [5, 5.41) is 8.96. The summed E-state index contributed by atoms with van der Waals surface area (Å²) in [5.41, 5.74) is 2.91. The second-order valence-electron chi connectivity index (χ2n) is 4.16. The summed E-state index contributed by atoms with van der Waals surface area (Å²) in [4.78, 5) is 4.61. The molecule has 0 saturated heterocycles. The molecule has 0 aromatic carbocycles. The van der Waals surface area contributed by atoms with Crippen molar-refractivity contribution in [2.45, 2.75) is 52.4 Å². The van der Waals surface area contributed by atoms with E-state index in [1.54, 1.807) is 0 Å². The molecule has 0 aliphatic carbocycles. The van der Waals surface area contributed by atoms with Gasteiger partial charge in [-0.15, -0.1) is 0 Å². The molecule has 0 aliphatic rings. The van der Waals surface area contributed by atoms with Gasteiger partial charge in [0.05, 0.1) is 11.6 Å². The van der Waals surface area contributed by atoms with Gasteiger partial charge in [-0.2, -0.15) is 5.26 Å². The molecule has 1 heterocycles. The predicted octanol–water partition coefficient (Wildman–Crippen LogP) is 3.64. The van der Waals surface area contributed by atoms with Crippen molar-refractivity contribution in [2.75, 3.05) is 0 Å². The van der Waals surface area contributed by atoms with Crippen LogP contribution in [0.25, 0.3) is 0 Å². The van der Waals surface area contributed by atoms with Crippen LogP contribution in [0.4, 0.5) is 0 Å². The number of nitriles is 1. The zero-order valence-corrected chi connectivity index (χ0v) is 10.3. The number of aryl methyl sites for hydroxylation is 2. The second-order valence-corrected chi connectivity index (χ2v) is 4.16. The summed E-state index contributed by atoms with van der Waals surface area (Å²) in [6.07, 6.45) is 6.62. The number of aromatic nitrogens is 1. The molecule has 0 saturated carbocycles. The third-order valence-corrected chi connectivity index (χ3v) is 2.63. The van der Waals surface area contributed by atoms with Crippen LogP contribution in [0, 0.1) is 11.3 Å².